The van der Waals surface area contributed by atoms with E-state index in [2.05, 4.69) is 0 Å². The third-order valence-electron chi connectivity index (χ3n) is 1.97. The van der Waals surface area contributed by atoms with Gasteiger partial charge in [0.25, 0.3) is 0 Å². The van der Waals surface area contributed by atoms with Crippen LogP contribution in [0.15, 0.2) is 18.2 Å². The largest absolute Gasteiger partial charge is 0.508 e. The highest BCUT2D eigenvalue weighted by atomic mass is 16.5. The summed E-state index contributed by atoms with van der Waals surface area (Å²) in [4.78, 5) is 11.1. The van der Waals surface area contributed by atoms with Gasteiger partial charge in [0.15, 0.2) is 0 Å². The van der Waals surface area contributed by atoms with E-state index in [0.717, 1.165) is 5.56 Å². The fourth-order valence-corrected chi connectivity index (χ4v) is 1.25. The number of ether oxygens (including phenoxy) is 1. The minimum Gasteiger partial charge on any atom is -0.508 e. The maximum atomic E-state index is 11.1. The van der Waals surface area contributed by atoms with Crippen molar-refractivity contribution >= 4 is 5.97 Å². The van der Waals surface area contributed by atoms with E-state index in [9.17, 15) is 9.90 Å². The summed E-state index contributed by atoms with van der Waals surface area (Å²) in [5.74, 6) is -0.280. The van der Waals surface area contributed by atoms with Gasteiger partial charge in [0.2, 0.25) is 0 Å². The third-order valence-corrected chi connectivity index (χ3v) is 1.97. The van der Waals surface area contributed by atoms with Gasteiger partial charge in [0, 0.05) is 5.56 Å². The van der Waals surface area contributed by atoms with Gasteiger partial charge in [-0.15, -0.1) is 0 Å². The molecule has 0 spiro atoms. The summed E-state index contributed by atoms with van der Waals surface area (Å²) in [7, 11) is 0. The van der Waals surface area contributed by atoms with Gasteiger partial charge < -0.3 is 14.9 Å². The number of aromatic hydroxyl groups is 1. The molecule has 4 nitrogen and oxygen atoms in total. The van der Waals surface area contributed by atoms with Crippen molar-refractivity contribution in [3.8, 4) is 5.75 Å². The SMILES string of the molecule is CCOC(=O)Cc1ccc(O)c(CO)c1. The quantitative estimate of drug-likeness (QED) is 0.727. The Morgan fingerprint density at radius 1 is 1.47 bits per heavy atom. The lowest BCUT2D eigenvalue weighted by Gasteiger charge is -2.05. The second-order valence-corrected chi connectivity index (χ2v) is 3.10. The van der Waals surface area contributed by atoms with Crippen LogP contribution in [0.1, 0.15) is 18.1 Å². The highest BCUT2D eigenvalue weighted by Crippen LogP contribution is 2.18. The monoisotopic (exact) mass is 210 g/mol. The average molecular weight is 210 g/mol. The first kappa shape index (κ1) is 11.5. The van der Waals surface area contributed by atoms with Crippen LogP contribution in [0.5, 0.6) is 5.75 Å². The van der Waals surface area contributed by atoms with Crippen molar-refractivity contribution in [2.45, 2.75) is 20.0 Å². The smallest absolute Gasteiger partial charge is 0.310 e. The number of benzene rings is 1. The van der Waals surface area contributed by atoms with E-state index in [1.54, 1.807) is 19.1 Å². The normalized spacial score (nSPS) is 10.0. The summed E-state index contributed by atoms with van der Waals surface area (Å²) in [6.07, 6.45) is 0.154. The number of hydrogen-bond donors (Lipinski definition) is 2. The number of hydrogen-bond acceptors (Lipinski definition) is 4. The van der Waals surface area contributed by atoms with Crippen molar-refractivity contribution in [1.29, 1.82) is 0 Å². The summed E-state index contributed by atoms with van der Waals surface area (Å²) < 4.78 is 4.79. The molecular formula is C11H14O4. The summed E-state index contributed by atoms with van der Waals surface area (Å²) >= 11 is 0. The first-order valence-electron chi connectivity index (χ1n) is 4.74. The molecule has 1 aromatic rings. The van der Waals surface area contributed by atoms with E-state index in [1.165, 1.54) is 6.07 Å². The number of rotatable bonds is 4. The van der Waals surface area contributed by atoms with Gasteiger partial charge >= 0.3 is 5.97 Å². The van der Waals surface area contributed by atoms with Crippen molar-refractivity contribution in [3.05, 3.63) is 29.3 Å². The Balaban J connectivity index is 2.74. The highest BCUT2D eigenvalue weighted by Gasteiger charge is 2.06. The van der Waals surface area contributed by atoms with Crippen molar-refractivity contribution in [2.75, 3.05) is 6.61 Å². The summed E-state index contributed by atoms with van der Waals surface area (Å²) in [6, 6.07) is 4.68. The lowest BCUT2D eigenvalue weighted by atomic mass is 10.1. The predicted octanol–water partition coefficient (Wildman–Crippen LogP) is 0.990. The van der Waals surface area contributed by atoms with Crippen molar-refractivity contribution in [1.82, 2.24) is 0 Å². The molecule has 0 amide bonds. The molecule has 0 radical (unpaired) electrons. The molecule has 15 heavy (non-hydrogen) atoms. The second-order valence-electron chi connectivity index (χ2n) is 3.10. The molecule has 1 aromatic carbocycles. The summed E-state index contributed by atoms with van der Waals surface area (Å²) in [5.41, 5.74) is 1.13. The molecular weight excluding hydrogens is 196 g/mol. The van der Waals surface area contributed by atoms with Gasteiger partial charge in [-0.05, 0) is 24.6 Å². The number of esters is 1. The Morgan fingerprint density at radius 3 is 2.80 bits per heavy atom. The molecule has 0 saturated heterocycles. The zero-order chi connectivity index (χ0) is 11.3. The molecule has 4 heteroatoms. The molecule has 1 rings (SSSR count). The van der Waals surface area contributed by atoms with Crippen molar-refractivity contribution in [3.63, 3.8) is 0 Å². The van der Waals surface area contributed by atoms with Crippen LogP contribution in [-0.2, 0) is 22.6 Å². The molecule has 0 aromatic heterocycles. The van der Waals surface area contributed by atoms with Gasteiger partial charge in [-0.25, -0.2) is 0 Å². The average Bonchev–Trinajstić information content (AvgIpc) is 2.21. The molecule has 0 bridgehead atoms. The Labute approximate surface area is 88.1 Å². The maximum absolute atomic E-state index is 11.1. The lowest BCUT2D eigenvalue weighted by Crippen LogP contribution is -2.07. The zero-order valence-corrected chi connectivity index (χ0v) is 8.56. The minimum absolute atomic E-state index is 0.0325. The van der Waals surface area contributed by atoms with E-state index in [-0.39, 0.29) is 24.7 Å². The van der Waals surface area contributed by atoms with Crippen LogP contribution in [0.25, 0.3) is 0 Å². The molecule has 0 aliphatic carbocycles. The number of aliphatic hydroxyl groups is 1. The maximum Gasteiger partial charge on any atom is 0.310 e. The van der Waals surface area contributed by atoms with E-state index in [1.807, 2.05) is 0 Å². The van der Waals surface area contributed by atoms with E-state index in [4.69, 9.17) is 9.84 Å². The lowest BCUT2D eigenvalue weighted by molar-refractivity contribution is -0.142. The van der Waals surface area contributed by atoms with Crippen molar-refractivity contribution < 1.29 is 19.7 Å². The molecule has 0 aliphatic rings. The van der Waals surface area contributed by atoms with Gasteiger partial charge in [0.1, 0.15) is 5.75 Å². The number of aliphatic hydroxyl groups excluding tert-OH is 1. The fraction of sp³-hybridized carbons (Fsp3) is 0.364. The second kappa shape index (κ2) is 5.36. The van der Waals surface area contributed by atoms with Crippen LogP contribution in [0.3, 0.4) is 0 Å². The Hall–Kier alpha value is -1.55. The zero-order valence-electron chi connectivity index (χ0n) is 8.56. The molecule has 0 fully saturated rings. The molecule has 0 heterocycles. The number of phenols is 1. The molecule has 2 N–H and O–H groups in total. The predicted molar refractivity (Wildman–Crippen MR) is 54.4 cm³/mol. The van der Waals surface area contributed by atoms with Gasteiger partial charge in [-0.3, -0.25) is 4.79 Å². The summed E-state index contributed by atoms with van der Waals surface area (Å²) in [6.45, 7) is 1.85. The van der Waals surface area contributed by atoms with Crippen LogP contribution in [0, 0.1) is 0 Å². The number of carbonyl (C=O) groups is 1. The minimum atomic E-state index is -0.313. The molecule has 0 aliphatic heterocycles. The van der Waals surface area contributed by atoms with Crippen LogP contribution in [0.2, 0.25) is 0 Å². The molecule has 82 valence electrons. The molecule has 0 saturated carbocycles. The summed E-state index contributed by atoms with van der Waals surface area (Å²) in [5, 5.41) is 18.2. The van der Waals surface area contributed by atoms with E-state index < -0.39 is 0 Å². The van der Waals surface area contributed by atoms with Crippen LogP contribution < -0.4 is 0 Å². The first-order valence-corrected chi connectivity index (χ1v) is 4.74. The van der Waals surface area contributed by atoms with Gasteiger partial charge in [-0.2, -0.15) is 0 Å². The molecule has 0 unspecified atom stereocenters. The van der Waals surface area contributed by atoms with Crippen LogP contribution in [-0.4, -0.2) is 22.8 Å². The van der Waals surface area contributed by atoms with E-state index in [0.29, 0.717) is 12.2 Å². The standard InChI is InChI=1S/C11H14O4/c1-2-15-11(14)6-8-3-4-10(13)9(5-8)7-12/h3-5,12-13H,2,6-7H2,1H3. The Bertz CT molecular complexity index is 346. The van der Waals surface area contributed by atoms with Crippen LogP contribution in [0.4, 0.5) is 0 Å². The topological polar surface area (TPSA) is 66.8 Å². The van der Waals surface area contributed by atoms with E-state index >= 15 is 0 Å². The first-order chi connectivity index (χ1) is 7.17. The van der Waals surface area contributed by atoms with Crippen LogP contribution >= 0.6 is 0 Å². The van der Waals surface area contributed by atoms with Gasteiger partial charge in [-0.1, -0.05) is 6.07 Å². The highest BCUT2D eigenvalue weighted by molar-refractivity contribution is 5.72. The molecule has 0 atom stereocenters. The fourth-order valence-electron chi connectivity index (χ4n) is 1.25. The van der Waals surface area contributed by atoms with Crippen molar-refractivity contribution in [2.24, 2.45) is 0 Å². The Kier molecular flexibility index (Phi) is 4.12. The van der Waals surface area contributed by atoms with Gasteiger partial charge in [0.05, 0.1) is 19.6 Å². The number of carbonyl (C=O) groups excluding carboxylic acids is 1. The third kappa shape index (κ3) is 3.25. The Morgan fingerprint density at radius 2 is 2.20 bits per heavy atom.